The van der Waals surface area contributed by atoms with Gasteiger partial charge in [-0.05, 0) is 12.1 Å². The highest BCUT2D eigenvalue weighted by molar-refractivity contribution is 7.85. The molecular weight excluding hydrogens is 210 g/mol. The molecule has 6 nitrogen and oxygen atoms in total. The first-order chi connectivity index (χ1) is 6.45. The first-order valence-corrected chi connectivity index (χ1v) is 4.86. The van der Waals surface area contributed by atoms with Gasteiger partial charge in [0.25, 0.3) is 16.6 Å². The number of rotatable bonds is 3. The molecule has 1 aromatic carbocycles. The molecule has 0 aliphatic heterocycles. The molecule has 1 aromatic rings. The van der Waals surface area contributed by atoms with Gasteiger partial charge in [0.15, 0.2) is 5.75 Å². The molecule has 0 aliphatic rings. The van der Waals surface area contributed by atoms with Crippen molar-refractivity contribution in [3.05, 3.63) is 18.2 Å². The van der Waals surface area contributed by atoms with E-state index < -0.39 is 10.1 Å². The largest absolute Gasteiger partial charge is 0.426 e. The molecule has 0 atom stereocenters. The highest BCUT2D eigenvalue weighted by Gasteiger charge is 2.12. The third-order valence-corrected chi connectivity index (χ3v) is 2.31. The van der Waals surface area contributed by atoms with Crippen LogP contribution in [0.2, 0.25) is 0 Å². The van der Waals surface area contributed by atoms with Gasteiger partial charge < -0.3 is 10.5 Å². The predicted octanol–water partition coefficient (Wildman–Crippen LogP) is 0.0507. The van der Waals surface area contributed by atoms with Crippen molar-refractivity contribution in [3.63, 3.8) is 0 Å². The van der Waals surface area contributed by atoms with Gasteiger partial charge in [0.2, 0.25) is 0 Å². The van der Waals surface area contributed by atoms with Crippen LogP contribution in [-0.2, 0) is 14.9 Å². The van der Waals surface area contributed by atoms with Crippen LogP contribution in [0.3, 0.4) is 0 Å². The second kappa shape index (κ2) is 3.64. The predicted molar refractivity (Wildman–Crippen MR) is 47.4 cm³/mol. The Kier molecular flexibility index (Phi) is 2.73. The van der Waals surface area contributed by atoms with E-state index in [4.69, 9.17) is 10.3 Å². The number of nitrogen functional groups attached to an aromatic ring is 1. The zero-order chi connectivity index (χ0) is 10.8. The molecule has 3 N–H and O–H groups in total. The number of anilines is 1. The van der Waals surface area contributed by atoms with Crippen LogP contribution in [0, 0.1) is 0 Å². The Morgan fingerprint density at radius 3 is 2.57 bits per heavy atom. The van der Waals surface area contributed by atoms with Crippen molar-refractivity contribution in [2.45, 2.75) is 4.90 Å². The van der Waals surface area contributed by atoms with E-state index in [1.807, 2.05) is 0 Å². The molecule has 0 spiro atoms. The Labute approximate surface area is 80.0 Å². The van der Waals surface area contributed by atoms with Gasteiger partial charge >= 0.3 is 0 Å². The van der Waals surface area contributed by atoms with Gasteiger partial charge in [0.1, 0.15) is 0 Å². The van der Waals surface area contributed by atoms with E-state index in [2.05, 4.69) is 4.74 Å². The van der Waals surface area contributed by atoms with Crippen LogP contribution < -0.4 is 10.5 Å². The summed E-state index contributed by atoms with van der Waals surface area (Å²) < 4.78 is 34.4. The Morgan fingerprint density at radius 1 is 1.43 bits per heavy atom. The van der Waals surface area contributed by atoms with Crippen LogP contribution in [0.5, 0.6) is 5.75 Å². The zero-order valence-electron chi connectivity index (χ0n) is 6.88. The molecule has 0 saturated carbocycles. The molecule has 0 saturated heterocycles. The van der Waals surface area contributed by atoms with Gasteiger partial charge in [-0.2, -0.15) is 8.42 Å². The fourth-order valence-electron chi connectivity index (χ4n) is 0.829. The van der Waals surface area contributed by atoms with Crippen molar-refractivity contribution in [1.82, 2.24) is 0 Å². The van der Waals surface area contributed by atoms with Crippen molar-refractivity contribution in [1.29, 1.82) is 0 Å². The lowest BCUT2D eigenvalue weighted by molar-refractivity contribution is -0.120. The minimum absolute atomic E-state index is 0.101. The van der Waals surface area contributed by atoms with Crippen LogP contribution in [0.15, 0.2) is 23.1 Å². The Hall–Kier alpha value is -1.60. The summed E-state index contributed by atoms with van der Waals surface area (Å²) in [5, 5.41) is 0. The minimum Gasteiger partial charge on any atom is -0.426 e. The maximum absolute atomic E-state index is 10.7. The quantitative estimate of drug-likeness (QED) is 0.421. The van der Waals surface area contributed by atoms with Crippen molar-refractivity contribution in [3.8, 4) is 5.75 Å². The summed E-state index contributed by atoms with van der Waals surface area (Å²) in [6.45, 7) is 0.111. The SMILES string of the molecule is Nc1ccc(S(=O)(=O)O)cc1OC=O. The molecule has 0 unspecified atom stereocenters. The van der Waals surface area contributed by atoms with E-state index in [0.717, 1.165) is 12.1 Å². The zero-order valence-corrected chi connectivity index (χ0v) is 7.69. The van der Waals surface area contributed by atoms with Crippen molar-refractivity contribution >= 4 is 22.3 Å². The summed E-state index contributed by atoms with van der Waals surface area (Å²) >= 11 is 0. The number of benzene rings is 1. The van der Waals surface area contributed by atoms with Crippen LogP contribution in [0.4, 0.5) is 5.69 Å². The summed E-state index contributed by atoms with van der Waals surface area (Å²) in [7, 11) is -4.31. The van der Waals surface area contributed by atoms with Gasteiger partial charge in [-0.25, -0.2) is 0 Å². The van der Waals surface area contributed by atoms with Crippen molar-refractivity contribution < 1.29 is 22.5 Å². The van der Waals surface area contributed by atoms with E-state index >= 15 is 0 Å². The Morgan fingerprint density at radius 2 is 2.07 bits per heavy atom. The van der Waals surface area contributed by atoms with E-state index in [-0.39, 0.29) is 22.8 Å². The average Bonchev–Trinajstić information content (AvgIpc) is 2.07. The highest BCUT2D eigenvalue weighted by Crippen LogP contribution is 2.24. The van der Waals surface area contributed by atoms with Gasteiger partial charge in [0, 0.05) is 6.07 Å². The van der Waals surface area contributed by atoms with Crippen molar-refractivity contribution in [2.75, 3.05) is 5.73 Å². The summed E-state index contributed by atoms with van der Waals surface area (Å²) in [6, 6.07) is 3.27. The number of carbonyl (C=O) groups is 1. The number of hydrogen-bond acceptors (Lipinski definition) is 5. The molecule has 0 heterocycles. The van der Waals surface area contributed by atoms with Crippen LogP contribution in [0.25, 0.3) is 0 Å². The molecule has 0 radical (unpaired) electrons. The topological polar surface area (TPSA) is 107 Å². The molecule has 0 fully saturated rings. The van der Waals surface area contributed by atoms with E-state index in [9.17, 15) is 13.2 Å². The van der Waals surface area contributed by atoms with Crippen LogP contribution >= 0.6 is 0 Å². The molecule has 0 amide bonds. The van der Waals surface area contributed by atoms with E-state index in [1.165, 1.54) is 6.07 Å². The van der Waals surface area contributed by atoms with Gasteiger partial charge in [-0.1, -0.05) is 0 Å². The summed E-state index contributed by atoms with van der Waals surface area (Å²) in [5.41, 5.74) is 5.46. The third kappa shape index (κ3) is 2.21. The third-order valence-electron chi connectivity index (χ3n) is 1.46. The van der Waals surface area contributed by atoms with Gasteiger partial charge in [-0.3, -0.25) is 9.35 Å². The first-order valence-electron chi connectivity index (χ1n) is 3.42. The molecule has 7 heteroatoms. The van der Waals surface area contributed by atoms with Crippen LogP contribution in [0.1, 0.15) is 0 Å². The lowest BCUT2D eigenvalue weighted by Gasteiger charge is -2.03. The maximum atomic E-state index is 10.7. The molecule has 14 heavy (non-hydrogen) atoms. The number of carbonyl (C=O) groups excluding carboxylic acids is 1. The van der Waals surface area contributed by atoms with Crippen molar-refractivity contribution in [2.24, 2.45) is 0 Å². The van der Waals surface area contributed by atoms with E-state index in [0.29, 0.717) is 0 Å². The lowest BCUT2D eigenvalue weighted by atomic mass is 10.3. The summed E-state index contributed by atoms with van der Waals surface area (Å²) in [5.74, 6) is -0.116. The molecule has 0 aliphatic carbocycles. The number of hydrogen-bond donors (Lipinski definition) is 2. The minimum atomic E-state index is -4.31. The smallest absolute Gasteiger partial charge is 0.298 e. The number of nitrogens with two attached hydrogens (primary N) is 1. The maximum Gasteiger partial charge on any atom is 0.298 e. The first kappa shape index (κ1) is 10.5. The van der Waals surface area contributed by atoms with Gasteiger partial charge in [0.05, 0.1) is 10.6 Å². The summed E-state index contributed by atoms with van der Waals surface area (Å²) in [6.07, 6.45) is 0. The number of ether oxygens (including phenoxy) is 1. The Balaban J connectivity index is 3.26. The molecule has 0 bridgehead atoms. The fraction of sp³-hybridized carbons (Fsp3) is 0. The second-order valence-corrected chi connectivity index (χ2v) is 3.81. The molecular formula is C7H7NO5S. The normalized spacial score (nSPS) is 10.9. The molecule has 0 aromatic heterocycles. The summed E-state index contributed by atoms with van der Waals surface area (Å²) in [4.78, 5) is 9.61. The molecule has 1 rings (SSSR count). The monoisotopic (exact) mass is 217 g/mol. The lowest BCUT2D eigenvalue weighted by Crippen LogP contribution is -2.01. The highest BCUT2D eigenvalue weighted by atomic mass is 32.2. The standard InChI is InChI=1S/C7H7NO5S/c8-6-2-1-5(14(10,11)12)3-7(6)13-4-9/h1-4H,8H2,(H,10,11,12). The second-order valence-electron chi connectivity index (χ2n) is 2.39. The van der Waals surface area contributed by atoms with Gasteiger partial charge in [-0.15, -0.1) is 0 Å². The van der Waals surface area contributed by atoms with Crippen LogP contribution in [-0.4, -0.2) is 19.4 Å². The average molecular weight is 217 g/mol. The Bertz CT molecular complexity index is 453. The molecule has 76 valence electrons. The fourth-order valence-corrected chi connectivity index (χ4v) is 1.33. The van der Waals surface area contributed by atoms with E-state index in [1.54, 1.807) is 0 Å².